The van der Waals surface area contributed by atoms with Gasteiger partial charge in [0.15, 0.2) is 6.04 Å². The Kier molecular flexibility index (Phi) is 4.41. The van der Waals surface area contributed by atoms with Gasteiger partial charge in [0.25, 0.3) is 0 Å². The molecule has 1 aliphatic heterocycles. The lowest BCUT2D eigenvalue weighted by atomic mass is 10.0. The van der Waals surface area contributed by atoms with Crippen LogP contribution in [0.15, 0.2) is 24.3 Å². The Balaban J connectivity index is 1.79. The third kappa shape index (κ3) is 3.13. The Morgan fingerprint density at radius 1 is 1.20 bits per heavy atom. The van der Waals surface area contributed by atoms with Crippen molar-refractivity contribution >= 4 is 27.9 Å². The Morgan fingerprint density at radius 2 is 1.88 bits per heavy atom. The minimum Gasteiger partial charge on any atom is -0.492 e. The fraction of sp³-hybridized carbons (Fsp3) is 0.412. The van der Waals surface area contributed by atoms with Gasteiger partial charge >= 0.3 is 0 Å². The maximum Gasteiger partial charge on any atom is 0.235 e. The van der Waals surface area contributed by atoms with Crippen molar-refractivity contribution in [2.24, 2.45) is 0 Å². The summed E-state index contributed by atoms with van der Waals surface area (Å²) in [6.07, 6.45) is 0. The number of aromatic hydroxyl groups is 1. The van der Waals surface area contributed by atoms with Crippen LogP contribution in [0.2, 0.25) is 5.02 Å². The molecule has 1 fully saturated rings. The van der Waals surface area contributed by atoms with Gasteiger partial charge in [0.05, 0.1) is 7.05 Å². The van der Waals surface area contributed by atoms with Gasteiger partial charge < -0.3 is 14.9 Å². The zero-order valence-electron chi connectivity index (χ0n) is 14.3. The summed E-state index contributed by atoms with van der Waals surface area (Å²) in [4.78, 5) is 9.10. The molecule has 1 aromatic carbocycles. The zero-order valence-corrected chi connectivity index (χ0v) is 15.9. The summed E-state index contributed by atoms with van der Waals surface area (Å²) in [5.41, 5.74) is 1.16. The highest BCUT2D eigenvalue weighted by Gasteiger charge is 2.35. The number of rotatable bonds is 3. The summed E-state index contributed by atoms with van der Waals surface area (Å²) < 4.78 is 1.55. The summed E-state index contributed by atoms with van der Waals surface area (Å²) in [5.74, 6) is 0.881. The number of nitrogens with zero attached hydrogens (tertiary/aromatic N) is 3. The van der Waals surface area contributed by atoms with Gasteiger partial charge in [0, 0.05) is 10.6 Å². The molecule has 25 heavy (non-hydrogen) atoms. The maximum absolute atomic E-state index is 10.8. The van der Waals surface area contributed by atoms with Crippen LogP contribution in [0.25, 0.3) is 4.96 Å². The first-order chi connectivity index (χ1) is 12.0. The highest BCUT2D eigenvalue weighted by Crippen LogP contribution is 2.35. The highest BCUT2D eigenvalue weighted by molar-refractivity contribution is 7.17. The predicted octanol–water partition coefficient (Wildman–Crippen LogP) is -0.0392. The summed E-state index contributed by atoms with van der Waals surface area (Å²) in [5, 5.41) is 15.8. The second-order valence-electron chi connectivity index (χ2n) is 6.74. The molecule has 1 atom stereocenters. The number of hydrogen-bond acceptors (Lipinski definition) is 4. The van der Waals surface area contributed by atoms with E-state index < -0.39 is 0 Å². The lowest BCUT2D eigenvalue weighted by Gasteiger charge is -2.33. The van der Waals surface area contributed by atoms with E-state index in [4.69, 9.17) is 11.6 Å². The molecule has 0 bridgehead atoms. The molecule has 0 aliphatic carbocycles. The van der Waals surface area contributed by atoms with Gasteiger partial charge in [-0.3, -0.25) is 0 Å². The second-order valence-corrected chi connectivity index (χ2v) is 8.19. The lowest BCUT2D eigenvalue weighted by Crippen LogP contribution is -3.27. The number of hydrogen-bond donors (Lipinski definition) is 3. The normalized spacial score (nSPS) is 22.4. The van der Waals surface area contributed by atoms with Crippen molar-refractivity contribution in [3.05, 3.63) is 45.6 Å². The van der Waals surface area contributed by atoms with Crippen molar-refractivity contribution in [2.45, 2.75) is 13.0 Å². The van der Waals surface area contributed by atoms with Crippen LogP contribution in [0.5, 0.6) is 5.88 Å². The number of piperazine rings is 1. The number of halogens is 1. The smallest absolute Gasteiger partial charge is 0.235 e. The van der Waals surface area contributed by atoms with Gasteiger partial charge in [-0.2, -0.15) is 4.52 Å². The largest absolute Gasteiger partial charge is 0.492 e. The number of aryl methyl sites for hydroxylation is 1. The molecule has 0 amide bonds. The summed E-state index contributed by atoms with van der Waals surface area (Å²) in [7, 11) is 2.23. The molecule has 132 valence electrons. The molecule has 0 spiro atoms. The van der Waals surface area contributed by atoms with Gasteiger partial charge in [-0.05, 0) is 19.1 Å². The van der Waals surface area contributed by atoms with E-state index in [1.54, 1.807) is 9.42 Å². The van der Waals surface area contributed by atoms with E-state index in [0.29, 0.717) is 5.82 Å². The van der Waals surface area contributed by atoms with E-state index in [9.17, 15) is 5.11 Å². The molecule has 8 heteroatoms. The van der Waals surface area contributed by atoms with Crippen molar-refractivity contribution in [1.82, 2.24) is 14.6 Å². The summed E-state index contributed by atoms with van der Waals surface area (Å²) >= 11 is 7.61. The molecular formula is C17H22ClN5OS+2. The number of likely N-dealkylation sites (N-methyl/N-ethyl adjacent to an activating group) is 1. The number of quaternary nitrogens is 2. The minimum absolute atomic E-state index is 0.0687. The average molecular weight is 380 g/mol. The molecule has 1 aliphatic rings. The van der Waals surface area contributed by atoms with Gasteiger partial charge in [0.2, 0.25) is 10.8 Å². The van der Waals surface area contributed by atoms with E-state index in [1.165, 1.54) is 16.2 Å². The first-order valence-corrected chi connectivity index (χ1v) is 9.68. The standard InChI is InChI=1S/C17H20ClN5OS/c1-11-19-17-23(20-11)16(24)15(25-17)14(12-3-5-13(18)6-4-12)22-9-7-21(2)8-10-22/h3-6,14,24H,7-10H2,1-2H3/p+2/t14-/m1/s1. The van der Waals surface area contributed by atoms with Gasteiger partial charge in [-0.25, -0.2) is 4.98 Å². The predicted molar refractivity (Wildman–Crippen MR) is 97.9 cm³/mol. The molecule has 0 radical (unpaired) electrons. The van der Waals surface area contributed by atoms with Crippen LogP contribution < -0.4 is 9.80 Å². The van der Waals surface area contributed by atoms with Gasteiger partial charge in [-0.1, -0.05) is 35.1 Å². The van der Waals surface area contributed by atoms with Crippen LogP contribution in [0.1, 0.15) is 22.3 Å². The van der Waals surface area contributed by atoms with Crippen LogP contribution in [0, 0.1) is 6.92 Å². The fourth-order valence-electron chi connectivity index (χ4n) is 3.55. The van der Waals surface area contributed by atoms with Crippen LogP contribution in [-0.2, 0) is 0 Å². The Hall–Kier alpha value is -1.67. The third-order valence-electron chi connectivity index (χ3n) is 4.93. The van der Waals surface area contributed by atoms with Crippen LogP contribution in [0.3, 0.4) is 0 Å². The zero-order chi connectivity index (χ0) is 17.6. The Bertz CT molecular complexity index is 882. The summed E-state index contributed by atoms with van der Waals surface area (Å²) in [6.45, 7) is 6.21. The number of fused-ring (bicyclic) bond motifs is 1. The third-order valence-corrected chi connectivity index (χ3v) is 6.26. The lowest BCUT2D eigenvalue weighted by molar-refractivity contribution is -1.02. The number of aromatic nitrogens is 3. The number of thiazole rings is 1. The van der Waals surface area contributed by atoms with Gasteiger partial charge in [0.1, 0.15) is 36.9 Å². The fourth-order valence-corrected chi connectivity index (χ4v) is 4.86. The maximum atomic E-state index is 10.8. The van der Waals surface area contributed by atoms with E-state index in [1.807, 2.05) is 19.1 Å². The highest BCUT2D eigenvalue weighted by atomic mass is 35.5. The minimum atomic E-state index is 0.0687. The van der Waals surface area contributed by atoms with Crippen molar-refractivity contribution in [3.63, 3.8) is 0 Å². The topological polar surface area (TPSA) is 59.3 Å². The van der Waals surface area contributed by atoms with E-state index >= 15 is 0 Å². The molecule has 2 aromatic heterocycles. The molecule has 3 aromatic rings. The van der Waals surface area contributed by atoms with Crippen molar-refractivity contribution in [3.8, 4) is 5.88 Å². The van der Waals surface area contributed by atoms with Crippen LogP contribution in [0.4, 0.5) is 0 Å². The number of benzene rings is 1. The first kappa shape index (κ1) is 16.8. The molecule has 6 nitrogen and oxygen atoms in total. The molecule has 0 unspecified atom stereocenters. The molecule has 3 N–H and O–H groups in total. The molecule has 3 heterocycles. The van der Waals surface area contributed by atoms with Crippen LogP contribution in [-0.4, -0.2) is 52.9 Å². The molecule has 1 saturated heterocycles. The van der Waals surface area contributed by atoms with E-state index in [0.717, 1.165) is 46.6 Å². The first-order valence-electron chi connectivity index (χ1n) is 8.49. The van der Waals surface area contributed by atoms with Crippen molar-refractivity contribution < 1.29 is 14.9 Å². The van der Waals surface area contributed by atoms with E-state index in [2.05, 4.69) is 29.3 Å². The van der Waals surface area contributed by atoms with E-state index in [-0.39, 0.29) is 11.9 Å². The summed E-state index contributed by atoms with van der Waals surface area (Å²) in [6, 6.07) is 8.03. The quantitative estimate of drug-likeness (QED) is 0.598. The van der Waals surface area contributed by atoms with Crippen molar-refractivity contribution in [2.75, 3.05) is 33.2 Å². The Labute approximate surface area is 155 Å². The number of nitrogens with one attached hydrogen (secondary N) is 2. The average Bonchev–Trinajstić information content (AvgIpc) is 3.09. The Morgan fingerprint density at radius 3 is 2.52 bits per heavy atom. The monoisotopic (exact) mass is 379 g/mol. The van der Waals surface area contributed by atoms with Crippen LogP contribution >= 0.6 is 22.9 Å². The molecule has 0 saturated carbocycles. The second kappa shape index (κ2) is 6.57. The SMILES string of the molecule is Cc1nc2sc([C@@H](c3ccc(Cl)cc3)[NH+]3CC[NH+](C)CC3)c(O)n2n1. The molecular weight excluding hydrogens is 358 g/mol. The van der Waals surface area contributed by atoms with Gasteiger partial charge in [-0.15, -0.1) is 5.10 Å². The molecule has 4 rings (SSSR count). The van der Waals surface area contributed by atoms with Crippen molar-refractivity contribution in [1.29, 1.82) is 0 Å².